The van der Waals surface area contributed by atoms with Gasteiger partial charge in [-0.05, 0) is 25.0 Å². The summed E-state index contributed by atoms with van der Waals surface area (Å²) in [6.07, 6.45) is 5.60. The van der Waals surface area contributed by atoms with Crippen LogP contribution in [-0.4, -0.2) is 51.0 Å². The standard InChI is InChI=1S/C16H20FN5O2/c1-21-9-12(7-20-21)15(23)19-10-16(24)5-2-6-22(11-16)14-4-3-13(17)8-18-14/h3-4,7-9,24H,2,5-6,10-11H2,1H3,(H,19,23)/t16-/m1/s1. The number of hydrogen-bond donors (Lipinski definition) is 2. The number of piperidine rings is 1. The molecular formula is C16H20FN5O2. The van der Waals surface area contributed by atoms with Gasteiger partial charge in [0.05, 0.1) is 23.6 Å². The van der Waals surface area contributed by atoms with Gasteiger partial charge in [0.15, 0.2) is 0 Å². The Kier molecular flexibility index (Phi) is 4.48. The summed E-state index contributed by atoms with van der Waals surface area (Å²) in [5.74, 6) is -0.0450. The number of anilines is 1. The van der Waals surface area contributed by atoms with Crippen LogP contribution in [0.2, 0.25) is 0 Å². The fraction of sp³-hybridized carbons (Fsp3) is 0.438. The molecule has 1 saturated heterocycles. The number of halogens is 1. The number of rotatable bonds is 4. The highest BCUT2D eigenvalue weighted by Crippen LogP contribution is 2.24. The number of aliphatic hydroxyl groups is 1. The largest absolute Gasteiger partial charge is 0.386 e. The van der Waals surface area contributed by atoms with Gasteiger partial charge in [-0.25, -0.2) is 9.37 Å². The average molecular weight is 333 g/mol. The van der Waals surface area contributed by atoms with Crippen LogP contribution in [0.1, 0.15) is 23.2 Å². The van der Waals surface area contributed by atoms with Gasteiger partial charge in [0.2, 0.25) is 0 Å². The summed E-state index contributed by atoms with van der Waals surface area (Å²) in [5.41, 5.74) is -0.597. The molecule has 0 unspecified atom stereocenters. The van der Waals surface area contributed by atoms with E-state index in [1.807, 2.05) is 4.90 Å². The molecule has 3 heterocycles. The third kappa shape index (κ3) is 3.70. The quantitative estimate of drug-likeness (QED) is 0.861. The first-order valence-electron chi connectivity index (χ1n) is 7.81. The molecule has 1 aliphatic rings. The number of carbonyl (C=O) groups is 1. The van der Waals surface area contributed by atoms with E-state index in [1.165, 1.54) is 12.3 Å². The maximum atomic E-state index is 13.0. The van der Waals surface area contributed by atoms with Crippen molar-refractivity contribution in [2.24, 2.45) is 7.05 Å². The topological polar surface area (TPSA) is 83.3 Å². The number of nitrogens with one attached hydrogen (secondary N) is 1. The molecule has 2 aromatic heterocycles. The summed E-state index contributed by atoms with van der Waals surface area (Å²) >= 11 is 0. The van der Waals surface area contributed by atoms with Crippen LogP contribution in [0, 0.1) is 5.82 Å². The second-order valence-electron chi connectivity index (χ2n) is 6.17. The summed E-state index contributed by atoms with van der Waals surface area (Å²) in [7, 11) is 1.74. The van der Waals surface area contributed by atoms with Crippen LogP contribution >= 0.6 is 0 Å². The van der Waals surface area contributed by atoms with Gasteiger partial charge in [0, 0.05) is 32.9 Å². The molecule has 1 amide bonds. The van der Waals surface area contributed by atoms with E-state index in [-0.39, 0.29) is 12.5 Å². The molecule has 7 nitrogen and oxygen atoms in total. The van der Waals surface area contributed by atoms with Crippen LogP contribution in [0.15, 0.2) is 30.7 Å². The number of β-amino-alcohol motifs (C(OH)–C–C–N with tert-alkyl or cyclic N) is 1. The molecule has 128 valence electrons. The molecule has 3 rings (SSSR count). The van der Waals surface area contributed by atoms with Gasteiger partial charge in [-0.1, -0.05) is 0 Å². The molecule has 0 spiro atoms. The van der Waals surface area contributed by atoms with E-state index in [9.17, 15) is 14.3 Å². The number of pyridine rings is 1. The Morgan fingerprint density at radius 1 is 1.46 bits per heavy atom. The molecule has 0 radical (unpaired) electrons. The summed E-state index contributed by atoms with van der Waals surface area (Å²) in [6.45, 7) is 1.20. The lowest BCUT2D eigenvalue weighted by molar-refractivity contribution is 0.0254. The summed E-state index contributed by atoms with van der Waals surface area (Å²) in [4.78, 5) is 18.0. The smallest absolute Gasteiger partial charge is 0.254 e. The second kappa shape index (κ2) is 6.56. The molecule has 2 aromatic rings. The molecule has 0 aliphatic carbocycles. The highest BCUT2D eigenvalue weighted by atomic mass is 19.1. The lowest BCUT2D eigenvalue weighted by Gasteiger charge is -2.39. The van der Waals surface area contributed by atoms with E-state index in [4.69, 9.17) is 0 Å². The molecule has 0 bridgehead atoms. The molecule has 0 aromatic carbocycles. The highest BCUT2D eigenvalue weighted by Gasteiger charge is 2.34. The Morgan fingerprint density at radius 2 is 2.29 bits per heavy atom. The van der Waals surface area contributed by atoms with Crippen molar-refractivity contribution >= 4 is 11.7 Å². The second-order valence-corrected chi connectivity index (χ2v) is 6.17. The fourth-order valence-electron chi connectivity index (χ4n) is 2.89. The zero-order chi connectivity index (χ0) is 17.2. The Morgan fingerprint density at radius 3 is 2.96 bits per heavy atom. The van der Waals surface area contributed by atoms with Gasteiger partial charge in [-0.2, -0.15) is 5.10 Å². The number of amides is 1. The molecule has 8 heteroatoms. The van der Waals surface area contributed by atoms with E-state index >= 15 is 0 Å². The van der Waals surface area contributed by atoms with E-state index in [0.29, 0.717) is 24.3 Å². The molecule has 1 aliphatic heterocycles. The summed E-state index contributed by atoms with van der Waals surface area (Å²) in [6, 6.07) is 2.94. The first-order valence-corrected chi connectivity index (χ1v) is 7.81. The van der Waals surface area contributed by atoms with Gasteiger partial charge in [-0.3, -0.25) is 9.48 Å². The van der Waals surface area contributed by atoms with E-state index < -0.39 is 11.4 Å². The van der Waals surface area contributed by atoms with Crippen molar-refractivity contribution in [2.75, 3.05) is 24.5 Å². The maximum absolute atomic E-state index is 13.0. The summed E-state index contributed by atoms with van der Waals surface area (Å²) < 4.78 is 14.5. The predicted octanol–water partition coefficient (Wildman–Crippen LogP) is 0.715. The molecule has 2 N–H and O–H groups in total. The van der Waals surface area contributed by atoms with Crippen LogP contribution in [0.4, 0.5) is 10.2 Å². The van der Waals surface area contributed by atoms with Crippen LogP contribution in [-0.2, 0) is 7.05 Å². The number of hydrogen-bond acceptors (Lipinski definition) is 5. The predicted molar refractivity (Wildman–Crippen MR) is 86.1 cm³/mol. The zero-order valence-electron chi connectivity index (χ0n) is 13.4. The average Bonchev–Trinajstić information content (AvgIpc) is 3.00. The van der Waals surface area contributed by atoms with Crippen molar-refractivity contribution in [2.45, 2.75) is 18.4 Å². The third-order valence-corrected chi connectivity index (χ3v) is 4.14. The van der Waals surface area contributed by atoms with Crippen molar-refractivity contribution in [1.82, 2.24) is 20.1 Å². The van der Waals surface area contributed by atoms with Gasteiger partial charge >= 0.3 is 0 Å². The maximum Gasteiger partial charge on any atom is 0.254 e. The molecule has 1 atom stereocenters. The van der Waals surface area contributed by atoms with Crippen molar-refractivity contribution in [3.8, 4) is 0 Å². The monoisotopic (exact) mass is 333 g/mol. The van der Waals surface area contributed by atoms with Crippen molar-refractivity contribution < 1.29 is 14.3 Å². The fourth-order valence-corrected chi connectivity index (χ4v) is 2.89. The normalized spacial score (nSPS) is 20.9. The number of carbonyl (C=O) groups excluding carboxylic acids is 1. The van der Waals surface area contributed by atoms with Crippen LogP contribution in [0.3, 0.4) is 0 Å². The number of aryl methyl sites for hydroxylation is 1. The lowest BCUT2D eigenvalue weighted by atomic mass is 9.92. The highest BCUT2D eigenvalue weighted by molar-refractivity contribution is 5.93. The minimum absolute atomic E-state index is 0.137. The van der Waals surface area contributed by atoms with Gasteiger partial charge in [0.1, 0.15) is 11.6 Å². The van der Waals surface area contributed by atoms with Crippen LogP contribution in [0.25, 0.3) is 0 Å². The van der Waals surface area contributed by atoms with Crippen molar-refractivity contribution in [1.29, 1.82) is 0 Å². The van der Waals surface area contributed by atoms with Gasteiger partial charge in [-0.15, -0.1) is 0 Å². The molecule has 1 fully saturated rings. The van der Waals surface area contributed by atoms with Crippen molar-refractivity contribution in [3.05, 3.63) is 42.1 Å². The number of nitrogens with zero attached hydrogens (tertiary/aromatic N) is 4. The Hall–Kier alpha value is -2.48. The zero-order valence-corrected chi connectivity index (χ0v) is 13.4. The Bertz CT molecular complexity index is 718. The third-order valence-electron chi connectivity index (χ3n) is 4.14. The minimum Gasteiger partial charge on any atom is -0.386 e. The van der Waals surface area contributed by atoms with E-state index in [0.717, 1.165) is 19.2 Å². The first kappa shape index (κ1) is 16.4. The Labute approximate surface area is 139 Å². The van der Waals surface area contributed by atoms with Gasteiger partial charge in [0.25, 0.3) is 5.91 Å². The van der Waals surface area contributed by atoms with Crippen LogP contribution in [0.5, 0.6) is 0 Å². The lowest BCUT2D eigenvalue weighted by Crippen LogP contribution is -2.54. The number of aromatic nitrogens is 3. The van der Waals surface area contributed by atoms with Gasteiger partial charge < -0.3 is 15.3 Å². The minimum atomic E-state index is -1.05. The molecular weight excluding hydrogens is 313 g/mol. The summed E-state index contributed by atoms with van der Waals surface area (Å²) in [5, 5.41) is 17.5. The SMILES string of the molecule is Cn1cc(C(=O)NC[C@]2(O)CCCN(c3ccc(F)cn3)C2)cn1. The van der Waals surface area contributed by atoms with E-state index in [2.05, 4.69) is 15.4 Å². The Balaban J connectivity index is 1.62. The van der Waals surface area contributed by atoms with E-state index in [1.54, 1.807) is 24.0 Å². The van der Waals surface area contributed by atoms with Crippen LogP contribution < -0.4 is 10.2 Å². The first-order chi connectivity index (χ1) is 11.5. The van der Waals surface area contributed by atoms with Crippen molar-refractivity contribution in [3.63, 3.8) is 0 Å². The molecule has 24 heavy (non-hydrogen) atoms. The molecule has 0 saturated carbocycles.